The fraction of sp³-hybridized carbons (Fsp3) is 1.00. The van der Waals surface area contributed by atoms with Crippen molar-refractivity contribution in [1.82, 2.24) is 0 Å². The fourth-order valence-electron chi connectivity index (χ4n) is 1.00. The Morgan fingerprint density at radius 1 is 1.44 bits per heavy atom. The number of alkyl halides is 2. The summed E-state index contributed by atoms with van der Waals surface area (Å²) in [6.45, 7) is 0.906. The molecule has 0 aromatic heterocycles. The van der Waals surface area contributed by atoms with Crippen molar-refractivity contribution in [3.05, 3.63) is 0 Å². The molecule has 1 fully saturated rings. The van der Waals surface area contributed by atoms with Crippen molar-refractivity contribution in [2.24, 2.45) is 5.92 Å². The monoisotopic (exact) mass is 136 g/mol. The van der Waals surface area contributed by atoms with Gasteiger partial charge in [0.15, 0.2) is 0 Å². The number of aliphatic hydroxyl groups is 1. The van der Waals surface area contributed by atoms with Gasteiger partial charge in [0, 0.05) is 5.92 Å². The van der Waals surface area contributed by atoms with Gasteiger partial charge >= 0.3 is 0 Å². The van der Waals surface area contributed by atoms with E-state index in [9.17, 15) is 8.78 Å². The molecule has 1 saturated carbocycles. The van der Waals surface area contributed by atoms with Crippen LogP contribution in [-0.4, -0.2) is 17.1 Å². The molecule has 54 valence electrons. The van der Waals surface area contributed by atoms with Crippen LogP contribution in [0.4, 0.5) is 8.78 Å². The van der Waals surface area contributed by atoms with Crippen molar-refractivity contribution in [3.63, 3.8) is 0 Å². The van der Waals surface area contributed by atoms with Crippen LogP contribution in [0.5, 0.6) is 0 Å². The fourth-order valence-corrected chi connectivity index (χ4v) is 1.00. The Labute approximate surface area is 52.7 Å². The first-order valence-corrected chi connectivity index (χ1v) is 3.06. The molecule has 9 heavy (non-hydrogen) atoms. The van der Waals surface area contributed by atoms with Gasteiger partial charge in [0.1, 0.15) is 0 Å². The maximum Gasteiger partial charge on any atom is 0.248 e. The number of rotatable bonds is 1. The summed E-state index contributed by atoms with van der Waals surface area (Å²) in [6, 6.07) is 0. The lowest BCUT2D eigenvalue weighted by Crippen LogP contribution is -2.39. The van der Waals surface area contributed by atoms with Crippen LogP contribution in [-0.2, 0) is 0 Å². The predicted molar refractivity (Wildman–Crippen MR) is 29.4 cm³/mol. The number of halogens is 2. The van der Waals surface area contributed by atoms with Crippen molar-refractivity contribution >= 4 is 0 Å². The Kier molecular flexibility index (Phi) is 1.47. The Balaban J connectivity index is 2.32. The van der Waals surface area contributed by atoms with Gasteiger partial charge in [0.05, 0.1) is 6.10 Å². The standard InChI is InChI=1S/C6H10F2O/c1-6(7,8)4-2-5(9)3-4/h4-5,9H,2-3H2,1H3. The molecular formula is C6H10F2O. The lowest BCUT2D eigenvalue weighted by atomic mass is 9.78. The van der Waals surface area contributed by atoms with Crippen molar-refractivity contribution < 1.29 is 13.9 Å². The second-order valence-electron chi connectivity index (χ2n) is 2.78. The second-order valence-corrected chi connectivity index (χ2v) is 2.78. The molecule has 0 atom stereocenters. The summed E-state index contributed by atoms with van der Waals surface area (Å²) in [5, 5.41) is 8.65. The van der Waals surface area contributed by atoms with E-state index in [0.29, 0.717) is 0 Å². The van der Waals surface area contributed by atoms with Gasteiger partial charge in [-0.2, -0.15) is 0 Å². The van der Waals surface area contributed by atoms with Crippen molar-refractivity contribution in [3.8, 4) is 0 Å². The molecule has 0 bridgehead atoms. The van der Waals surface area contributed by atoms with Crippen LogP contribution in [0.1, 0.15) is 19.8 Å². The lowest BCUT2D eigenvalue weighted by Gasteiger charge is -2.35. The van der Waals surface area contributed by atoms with E-state index in [-0.39, 0.29) is 12.8 Å². The first kappa shape index (κ1) is 6.93. The highest BCUT2D eigenvalue weighted by Gasteiger charge is 2.42. The average molecular weight is 136 g/mol. The molecule has 0 radical (unpaired) electrons. The molecule has 1 nitrogen and oxygen atoms in total. The van der Waals surface area contributed by atoms with E-state index < -0.39 is 17.9 Å². The molecule has 1 aliphatic carbocycles. The molecule has 0 amide bonds. The van der Waals surface area contributed by atoms with E-state index >= 15 is 0 Å². The molecule has 0 aromatic rings. The third-order valence-corrected chi connectivity index (χ3v) is 1.83. The lowest BCUT2D eigenvalue weighted by molar-refractivity contribution is -0.113. The van der Waals surface area contributed by atoms with Crippen molar-refractivity contribution in [2.45, 2.75) is 31.8 Å². The minimum absolute atomic E-state index is 0.267. The van der Waals surface area contributed by atoms with Gasteiger partial charge < -0.3 is 5.11 Å². The molecule has 1 rings (SSSR count). The van der Waals surface area contributed by atoms with Gasteiger partial charge in [-0.05, 0) is 19.8 Å². The largest absolute Gasteiger partial charge is 0.393 e. The minimum Gasteiger partial charge on any atom is -0.393 e. The first-order valence-electron chi connectivity index (χ1n) is 3.06. The average Bonchev–Trinajstić information content (AvgIpc) is 1.55. The van der Waals surface area contributed by atoms with Gasteiger partial charge in [-0.25, -0.2) is 8.78 Å². The van der Waals surface area contributed by atoms with E-state index in [1.165, 1.54) is 0 Å². The van der Waals surface area contributed by atoms with Gasteiger partial charge in [-0.3, -0.25) is 0 Å². The van der Waals surface area contributed by atoms with Crippen LogP contribution in [0.3, 0.4) is 0 Å². The zero-order chi connectivity index (χ0) is 7.07. The smallest absolute Gasteiger partial charge is 0.248 e. The van der Waals surface area contributed by atoms with Gasteiger partial charge in [0.2, 0.25) is 5.92 Å². The van der Waals surface area contributed by atoms with E-state index in [1.54, 1.807) is 0 Å². The molecular weight excluding hydrogens is 126 g/mol. The van der Waals surface area contributed by atoms with Crippen LogP contribution in [0, 0.1) is 5.92 Å². The van der Waals surface area contributed by atoms with E-state index in [4.69, 9.17) is 5.11 Å². The summed E-state index contributed by atoms with van der Waals surface area (Å²) in [4.78, 5) is 0. The van der Waals surface area contributed by atoms with Gasteiger partial charge in [0.25, 0.3) is 0 Å². The summed E-state index contributed by atoms with van der Waals surface area (Å²) >= 11 is 0. The van der Waals surface area contributed by atoms with Crippen LogP contribution >= 0.6 is 0 Å². The third kappa shape index (κ3) is 1.39. The van der Waals surface area contributed by atoms with E-state index in [0.717, 1.165) is 6.92 Å². The summed E-state index contributed by atoms with van der Waals surface area (Å²) in [6.07, 6.45) is 0.0633. The Morgan fingerprint density at radius 2 is 1.89 bits per heavy atom. The molecule has 0 saturated heterocycles. The van der Waals surface area contributed by atoms with Gasteiger partial charge in [-0.15, -0.1) is 0 Å². The van der Waals surface area contributed by atoms with Crippen LogP contribution in [0.15, 0.2) is 0 Å². The molecule has 1 aliphatic rings. The molecule has 0 aliphatic heterocycles. The zero-order valence-electron chi connectivity index (χ0n) is 5.27. The molecule has 0 spiro atoms. The van der Waals surface area contributed by atoms with Crippen LogP contribution in [0.25, 0.3) is 0 Å². The van der Waals surface area contributed by atoms with E-state index in [2.05, 4.69) is 0 Å². The van der Waals surface area contributed by atoms with Crippen molar-refractivity contribution in [2.75, 3.05) is 0 Å². The van der Waals surface area contributed by atoms with Crippen LogP contribution < -0.4 is 0 Å². The topological polar surface area (TPSA) is 20.2 Å². The molecule has 0 heterocycles. The normalized spacial score (nSPS) is 36.0. The maximum atomic E-state index is 12.2. The Morgan fingerprint density at radius 3 is 2.00 bits per heavy atom. The quantitative estimate of drug-likeness (QED) is 0.577. The third-order valence-electron chi connectivity index (χ3n) is 1.83. The molecule has 1 N–H and O–H groups in total. The van der Waals surface area contributed by atoms with Crippen molar-refractivity contribution in [1.29, 1.82) is 0 Å². The highest BCUT2D eigenvalue weighted by atomic mass is 19.3. The first-order chi connectivity index (χ1) is 4.00. The summed E-state index contributed by atoms with van der Waals surface area (Å²) in [7, 11) is 0. The maximum absolute atomic E-state index is 12.2. The predicted octanol–water partition coefficient (Wildman–Crippen LogP) is 1.41. The number of hydrogen-bond acceptors (Lipinski definition) is 1. The summed E-state index contributed by atoms with van der Waals surface area (Å²) in [5.41, 5.74) is 0. The SMILES string of the molecule is CC(F)(F)C1CC(O)C1. The molecule has 3 heteroatoms. The summed E-state index contributed by atoms with van der Waals surface area (Å²) < 4.78 is 24.5. The summed E-state index contributed by atoms with van der Waals surface area (Å²) in [5.74, 6) is -3.16. The Bertz CT molecular complexity index is 102. The minimum atomic E-state index is -2.58. The zero-order valence-corrected chi connectivity index (χ0v) is 5.27. The highest BCUT2D eigenvalue weighted by molar-refractivity contribution is 4.86. The van der Waals surface area contributed by atoms with Gasteiger partial charge in [-0.1, -0.05) is 0 Å². The second kappa shape index (κ2) is 1.90. The molecule has 0 unspecified atom stereocenters. The molecule has 0 aromatic carbocycles. The number of hydrogen-bond donors (Lipinski definition) is 1. The Hall–Kier alpha value is -0.180. The highest BCUT2D eigenvalue weighted by Crippen LogP contribution is 2.39. The van der Waals surface area contributed by atoms with Crippen LogP contribution in [0.2, 0.25) is 0 Å². The van der Waals surface area contributed by atoms with E-state index in [1.807, 2.05) is 0 Å². The number of aliphatic hydroxyl groups excluding tert-OH is 1.